The highest BCUT2D eigenvalue weighted by atomic mass is 33.1. The Balaban J connectivity index is 0.000000279. The van der Waals surface area contributed by atoms with Gasteiger partial charge in [-0.1, -0.05) is 120 Å². The molecular formula is C52H66N2O4S2. The molecule has 0 spiro atoms. The number of ether oxygens (including phenoxy) is 2. The summed E-state index contributed by atoms with van der Waals surface area (Å²) in [4.78, 5) is 24.3. The zero-order valence-electron chi connectivity index (χ0n) is 35.7. The summed E-state index contributed by atoms with van der Waals surface area (Å²) in [5.41, 5.74) is 5.04. The molecular weight excluding hydrogens is 781 g/mol. The Hall–Kier alpha value is -4.18. The molecule has 2 aromatic rings. The van der Waals surface area contributed by atoms with E-state index in [-0.39, 0.29) is 24.0 Å². The van der Waals surface area contributed by atoms with Crippen LogP contribution in [-0.2, 0) is 22.4 Å². The van der Waals surface area contributed by atoms with Crippen molar-refractivity contribution >= 4 is 33.5 Å². The second-order valence-electron chi connectivity index (χ2n) is 15.2. The van der Waals surface area contributed by atoms with Gasteiger partial charge >= 0.3 is 11.9 Å². The lowest BCUT2D eigenvalue weighted by Gasteiger charge is -2.13. The number of benzene rings is 2. The molecule has 5 rings (SSSR count). The molecule has 1 fully saturated rings. The molecule has 1 unspecified atom stereocenters. The molecule has 60 heavy (non-hydrogen) atoms. The fourth-order valence-electron chi connectivity index (χ4n) is 7.38. The van der Waals surface area contributed by atoms with Crippen molar-refractivity contribution in [3.8, 4) is 36.2 Å². The van der Waals surface area contributed by atoms with Gasteiger partial charge in [0.05, 0.1) is 13.1 Å². The maximum atomic E-state index is 12.2. The van der Waals surface area contributed by atoms with Gasteiger partial charge in [-0.25, -0.2) is 0 Å². The van der Waals surface area contributed by atoms with Crippen LogP contribution >= 0.6 is 21.6 Å². The average Bonchev–Trinajstić information content (AvgIpc) is 4.03. The molecule has 3 atom stereocenters. The van der Waals surface area contributed by atoms with E-state index in [1.54, 1.807) is 0 Å². The number of carbonyl (C=O) groups is 2. The molecule has 8 heteroatoms. The second-order valence-corrected chi connectivity index (χ2v) is 18.0. The summed E-state index contributed by atoms with van der Waals surface area (Å²) in [5.74, 6) is 7.49. The molecule has 320 valence electrons. The number of aryl methyl sites for hydroxylation is 2. The normalized spacial score (nSPS) is 18.2. The monoisotopic (exact) mass is 846 g/mol. The lowest BCUT2D eigenvalue weighted by Crippen LogP contribution is -2.19. The van der Waals surface area contributed by atoms with E-state index >= 15 is 0 Å². The number of nitrogens with one attached hydrogen (secondary N) is 2. The standard InChI is InChI=1S/C32H41NO2.C20H25NO2S2/c1-3-5-6-7-8-9-10-11-12-13-14-15-16-17-18-19-20-21-32(34)35-29-24-22-28-23-25-31(30(28)27-29)33-26-4-2;1-2-12-21-19-10-8-15-7-9-16(14-18(15)19)23-20(22)6-4-3-5-17-11-13-24-25-17/h2,5-6,8-9,11-12,14-15,17-18,22,24,27,31,33H,3,7,10,13,16,19-21,23,25-26H2,1H3;1,7,9,14,17,19,21H,3-6,8,10-13H2/b6-5-,9-8-,12-11-,15-14-,18-17-;/t31-;17?,19-/m11/s1. The highest BCUT2D eigenvalue weighted by molar-refractivity contribution is 8.77. The minimum atomic E-state index is -0.177. The average molecular weight is 847 g/mol. The minimum absolute atomic E-state index is 0.125. The van der Waals surface area contributed by atoms with E-state index < -0.39 is 0 Å². The largest absolute Gasteiger partial charge is 0.427 e. The van der Waals surface area contributed by atoms with Gasteiger partial charge in [0.1, 0.15) is 11.5 Å². The summed E-state index contributed by atoms with van der Waals surface area (Å²) in [7, 11) is 3.98. The van der Waals surface area contributed by atoms with Crippen molar-refractivity contribution in [3.63, 3.8) is 0 Å². The molecule has 0 amide bonds. The van der Waals surface area contributed by atoms with Crippen molar-refractivity contribution in [2.24, 2.45) is 0 Å². The number of terminal acetylenes is 2. The molecule has 2 aromatic carbocycles. The highest BCUT2D eigenvalue weighted by Crippen LogP contribution is 2.40. The first-order valence-electron chi connectivity index (χ1n) is 22.0. The number of esters is 2. The van der Waals surface area contributed by atoms with Crippen LogP contribution in [-0.4, -0.2) is 36.0 Å². The van der Waals surface area contributed by atoms with Crippen LogP contribution in [0.4, 0.5) is 0 Å². The number of allylic oxidation sites excluding steroid dienone is 10. The highest BCUT2D eigenvalue weighted by Gasteiger charge is 2.24. The summed E-state index contributed by atoms with van der Waals surface area (Å²) >= 11 is 0. The van der Waals surface area contributed by atoms with Gasteiger partial charge in [-0.05, 0) is 136 Å². The van der Waals surface area contributed by atoms with Crippen LogP contribution in [0.2, 0.25) is 0 Å². The Bertz CT molecular complexity index is 1840. The summed E-state index contributed by atoms with van der Waals surface area (Å²) < 4.78 is 11.1. The molecule has 2 N–H and O–H groups in total. The fraction of sp³-hybridized carbons (Fsp3) is 0.462. The van der Waals surface area contributed by atoms with Gasteiger partial charge in [0.2, 0.25) is 0 Å². The Morgan fingerprint density at radius 1 is 0.683 bits per heavy atom. The first-order valence-corrected chi connectivity index (χ1v) is 24.4. The fourth-order valence-corrected chi connectivity index (χ4v) is 10.4. The Morgan fingerprint density at radius 2 is 1.18 bits per heavy atom. The quantitative estimate of drug-likeness (QED) is 0.0270. The molecule has 0 saturated carbocycles. The number of carbonyl (C=O) groups excluding carboxylic acids is 2. The van der Waals surface area contributed by atoms with Crippen LogP contribution < -0.4 is 20.1 Å². The van der Waals surface area contributed by atoms with Gasteiger partial charge < -0.3 is 9.47 Å². The van der Waals surface area contributed by atoms with Gasteiger partial charge in [0.25, 0.3) is 0 Å². The first-order chi connectivity index (χ1) is 29.5. The van der Waals surface area contributed by atoms with Crippen molar-refractivity contribution in [3.05, 3.63) is 119 Å². The number of hydrogen-bond donors (Lipinski definition) is 2. The summed E-state index contributed by atoms with van der Waals surface area (Å²) in [5, 5.41) is 7.50. The molecule has 1 heterocycles. The van der Waals surface area contributed by atoms with Gasteiger partial charge in [-0.3, -0.25) is 20.2 Å². The van der Waals surface area contributed by atoms with Crippen LogP contribution in [0.5, 0.6) is 11.5 Å². The van der Waals surface area contributed by atoms with Crippen LogP contribution in [0.3, 0.4) is 0 Å². The predicted molar refractivity (Wildman–Crippen MR) is 255 cm³/mol. The van der Waals surface area contributed by atoms with E-state index in [0.717, 1.165) is 88.7 Å². The lowest BCUT2D eigenvalue weighted by molar-refractivity contribution is -0.135. The maximum Gasteiger partial charge on any atom is 0.311 e. The lowest BCUT2D eigenvalue weighted by atomic mass is 10.1. The molecule has 3 aliphatic rings. The zero-order valence-corrected chi connectivity index (χ0v) is 37.3. The van der Waals surface area contributed by atoms with E-state index in [9.17, 15) is 9.59 Å². The number of fused-ring (bicyclic) bond motifs is 2. The second kappa shape index (κ2) is 29.9. The molecule has 0 bridgehead atoms. The third-order valence-electron chi connectivity index (χ3n) is 10.5. The number of unbranched alkanes of at least 4 members (excludes halogenated alkanes) is 2. The predicted octanol–water partition coefficient (Wildman–Crippen LogP) is 12.2. The third kappa shape index (κ3) is 19.0. The first kappa shape index (κ1) is 48.5. The summed E-state index contributed by atoms with van der Waals surface area (Å²) in [6, 6.07) is 12.4. The third-order valence-corrected chi connectivity index (χ3v) is 13.6. The van der Waals surface area contributed by atoms with E-state index in [1.807, 2.05) is 45.9 Å². The van der Waals surface area contributed by atoms with Gasteiger partial charge in [-0.2, -0.15) is 0 Å². The molecule has 1 aliphatic heterocycles. The summed E-state index contributed by atoms with van der Waals surface area (Å²) in [6.45, 7) is 3.26. The van der Waals surface area contributed by atoms with Gasteiger partial charge in [-0.15, -0.1) is 12.8 Å². The molecule has 6 nitrogen and oxygen atoms in total. The van der Waals surface area contributed by atoms with Crippen molar-refractivity contribution in [2.75, 3.05) is 18.8 Å². The van der Waals surface area contributed by atoms with E-state index in [4.69, 9.17) is 22.3 Å². The van der Waals surface area contributed by atoms with Crippen molar-refractivity contribution in [2.45, 2.75) is 133 Å². The van der Waals surface area contributed by atoms with Crippen molar-refractivity contribution < 1.29 is 19.1 Å². The van der Waals surface area contributed by atoms with Crippen LogP contribution in [0.25, 0.3) is 0 Å². The van der Waals surface area contributed by atoms with E-state index in [2.05, 4.69) is 102 Å². The van der Waals surface area contributed by atoms with Gasteiger partial charge in [0, 0.05) is 35.9 Å². The Kier molecular flexibility index (Phi) is 24.2. The number of rotatable bonds is 24. The SMILES string of the molecule is C#CCN[C@@H]1CCc2ccc(OC(=O)CCC/C=C\C/C=C\C/C=C\C/C=C\C/C=C\CC)cc21.C#CCN[C@@H]1CCc2ccc(OC(=O)CCCCC3CCSS3)cc21. The van der Waals surface area contributed by atoms with E-state index in [1.165, 1.54) is 40.8 Å². The molecule has 1 saturated heterocycles. The van der Waals surface area contributed by atoms with Gasteiger partial charge in [0.15, 0.2) is 0 Å². The van der Waals surface area contributed by atoms with Crippen molar-refractivity contribution in [1.82, 2.24) is 10.6 Å². The molecule has 2 aliphatic carbocycles. The smallest absolute Gasteiger partial charge is 0.311 e. The zero-order chi connectivity index (χ0) is 42.5. The Morgan fingerprint density at radius 3 is 1.67 bits per heavy atom. The molecule has 0 aromatic heterocycles. The Labute approximate surface area is 369 Å². The van der Waals surface area contributed by atoms with Crippen molar-refractivity contribution in [1.29, 1.82) is 0 Å². The number of hydrogen-bond acceptors (Lipinski definition) is 8. The van der Waals surface area contributed by atoms with Crippen LogP contribution in [0.1, 0.15) is 138 Å². The van der Waals surface area contributed by atoms with E-state index in [0.29, 0.717) is 37.4 Å². The topological polar surface area (TPSA) is 76.7 Å². The molecule has 0 radical (unpaired) electrons. The van der Waals surface area contributed by atoms with Crippen LogP contribution in [0, 0.1) is 24.7 Å². The van der Waals surface area contributed by atoms with Crippen LogP contribution in [0.15, 0.2) is 97.2 Å². The summed E-state index contributed by atoms with van der Waals surface area (Å²) in [6.07, 6.45) is 48.9. The maximum absolute atomic E-state index is 12.2. The minimum Gasteiger partial charge on any atom is -0.427 e.